The molecule has 6 atom stereocenters. The summed E-state index contributed by atoms with van der Waals surface area (Å²) in [6, 6.07) is 9.58. The van der Waals surface area contributed by atoms with E-state index >= 15 is 0 Å². The standard InChI is InChI=1S/C38H55NO5/c1-7-8-9-14-27-15-11-16-28(20-27)21-29-22-30(32(40)17-10-13-24(2)3)39-19-12-18-33-34(31(39)23-29)25(4)36(43-33)37-35(42-6)26(5)38(41)44-37/h11,15-16,18,20,24-25,29-32,34,40H,7-10,12-14,17,19,21-23H2,1-6H3/t25-,29+,30-,31+,32-,34-/m0/s1. The molecule has 2 fully saturated rings. The van der Waals surface area contributed by atoms with E-state index in [1.165, 1.54) is 30.4 Å². The number of ether oxygens (including phenoxy) is 3. The third kappa shape index (κ3) is 7.12. The molecule has 4 heterocycles. The number of methoxy groups -OCH3 is 1. The van der Waals surface area contributed by atoms with Gasteiger partial charge in [-0.3, -0.25) is 4.90 Å². The fourth-order valence-electron chi connectivity index (χ4n) is 8.17. The van der Waals surface area contributed by atoms with Crippen molar-refractivity contribution in [2.24, 2.45) is 23.7 Å². The Balaban J connectivity index is 1.43. The minimum absolute atomic E-state index is 0.0186. The van der Waals surface area contributed by atoms with Gasteiger partial charge in [0, 0.05) is 30.5 Å². The van der Waals surface area contributed by atoms with Crippen LogP contribution in [0.3, 0.4) is 0 Å². The van der Waals surface area contributed by atoms with Crippen molar-refractivity contribution in [1.82, 2.24) is 4.90 Å². The highest BCUT2D eigenvalue weighted by atomic mass is 16.6. The summed E-state index contributed by atoms with van der Waals surface area (Å²) in [4.78, 5) is 15.1. The average Bonchev–Trinajstić information content (AvgIpc) is 3.39. The van der Waals surface area contributed by atoms with Gasteiger partial charge in [-0.15, -0.1) is 0 Å². The molecule has 0 aliphatic carbocycles. The van der Waals surface area contributed by atoms with Gasteiger partial charge in [0.2, 0.25) is 5.76 Å². The molecule has 44 heavy (non-hydrogen) atoms. The summed E-state index contributed by atoms with van der Waals surface area (Å²) in [5.74, 6) is 3.47. The number of nitrogens with zero attached hydrogens (tertiary/aromatic N) is 1. The number of rotatable bonds is 12. The molecule has 6 heteroatoms. The number of benzene rings is 1. The summed E-state index contributed by atoms with van der Waals surface area (Å²) in [7, 11) is 1.58. The van der Waals surface area contributed by atoms with Gasteiger partial charge in [-0.1, -0.05) is 77.6 Å². The molecular formula is C38H55NO5. The van der Waals surface area contributed by atoms with Crippen molar-refractivity contribution in [1.29, 1.82) is 0 Å². The van der Waals surface area contributed by atoms with Crippen LogP contribution < -0.4 is 0 Å². The van der Waals surface area contributed by atoms with Gasteiger partial charge in [0.1, 0.15) is 5.76 Å². The van der Waals surface area contributed by atoms with Gasteiger partial charge in [0.25, 0.3) is 0 Å². The second kappa shape index (κ2) is 14.7. The fourth-order valence-corrected chi connectivity index (χ4v) is 8.17. The lowest BCUT2D eigenvalue weighted by Crippen LogP contribution is -2.57. The zero-order chi connectivity index (χ0) is 31.4. The van der Waals surface area contributed by atoms with Gasteiger partial charge < -0.3 is 19.3 Å². The van der Waals surface area contributed by atoms with Crippen molar-refractivity contribution in [2.45, 2.75) is 123 Å². The minimum Gasteiger partial charge on any atom is -0.492 e. The molecular weight excluding hydrogens is 550 g/mol. The number of carbonyl (C=O) groups excluding carboxylic acids is 1. The normalized spacial score (nSPS) is 29.6. The Kier molecular flexibility index (Phi) is 10.9. The van der Waals surface area contributed by atoms with Crippen LogP contribution in [0, 0.1) is 23.7 Å². The number of hydrogen-bond donors (Lipinski definition) is 1. The van der Waals surface area contributed by atoms with E-state index in [9.17, 15) is 9.90 Å². The summed E-state index contributed by atoms with van der Waals surface area (Å²) in [5, 5.41) is 11.7. The number of piperidine rings is 1. The Hall–Kier alpha value is -2.57. The van der Waals surface area contributed by atoms with Crippen molar-refractivity contribution in [2.75, 3.05) is 13.7 Å². The molecule has 0 amide bonds. The van der Waals surface area contributed by atoms with Crippen LogP contribution in [0.25, 0.3) is 0 Å². The molecule has 0 aromatic heterocycles. The van der Waals surface area contributed by atoms with Gasteiger partial charge in [-0.05, 0) is 80.9 Å². The van der Waals surface area contributed by atoms with Crippen LogP contribution in [0.15, 0.2) is 59.0 Å². The number of hydrogen-bond acceptors (Lipinski definition) is 6. The van der Waals surface area contributed by atoms with E-state index < -0.39 is 0 Å². The molecule has 5 rings (SSSR count). The van der Waals surface area contributed by atoms with Crippen LogP contribution in [-0.2, 0) is 31.8 Å². The first-order valence-corrected chi connectivity index (χ1v) is 17.3. The first-order chi connectivity index (χ1) is 21.2. The maximum Gasteiger partial charge on any atom is 0.343 e. The summed E-state index contributed by atoms with van der Waals surface area (Å²) in [5.41, 5.74) is 3.33. The second-order valence-corrected chi connectivity index (χ2v) is 14.1. The summed E-state index contributed by atoms with van der Waals surface area (Å²) < 4.78 is 17.9. The summed E-state index contributed by atoms with van der Waals surface area (Å²) in [6.45, 7) is 11.6. The van der Waals surface area contributed by atoms with Gasteiger partial charge in [-0.2, -0.15) is 0 Å². The number of esters is 1. The highest BCUT2D eigenvalue weighted by Gasteiger charge is 2.51. The zero-order valence-electron chi connectivity index (χ0n) is 27.9. The van der Waals surface area contributed by atoms with E-state index in [1.54, 1.807) is 14.0 Å². The van der Waals surface area contributed by atoms with Crippen molar-refractivity contribution in [3.05, 3.63) is 70.1 Å². The van der Waals surface area contributed by atoms with E-state index in [0.29, 0.717) is 34.7 Å². The van der Waals surface area contributed by atoms with E-state index in [4.69, 9.17) is 14.2 Å². The van der Waals surface area contributed by atoms with Crippen LogP contribution in [0.2, 0.25) is 0 Å². The molecule has 0 bridgehead atoms. The molecule has 0 spiro atoms. The summed E-state index contributed by atoms with van der Waals surface area (Å²) >= 11 is 0. The van der Waals surface area contributed by atoms with Crippen molar-refractivity contribution in [3.8, 4) is 0 Å². The molecule has 4 aliphatic heterocycles. The van der Waals surface area contributed by atoms with E-state index in [2.05, 4.69) is 62.9 Å². The minimum atomic E-state index is -0.373. The van der Waals surface area contributed by atoms with Crippen LogP contribution in [-0.4, -0.2) is 47.8 Å². The lowest BCUT2D eigenvalue weighted by molar-refractivity contribution is -0.133. The monoisotopic (exact) mass is 605 g/mol. The summed E-state index contributed by atoms with van der Waals surface area (Å²) in [6.07, 6.45) is 13.8. The van der Waals surface area contributed by atoms with E-state index in [1.807, 2.05) is 0 Å². The molecule has 2 saturated heterocycles. The maximum absolute atomic E-state index is 12.5. The predicted octanol–water partition coefficient (Wildman–Crippen LogP) is 7.86. The van der Waals surface area contributed by atoms with Crippen molar-refractivity contribution < 1.29 is 24.1 Å². The Morgan fingerprint density at radius 1 is 1.09 bits per heavy atom. The molecule has 1 aromatic rings. The quantitative estimate of drug-likeness (QED) is 0.193. The lowest BCUT2D eigenvalue weighted by atomic mass is 9.73. The van der Waals surface area contributed by atoms with E-state index in [0.717, 1.165) is 63.7 Å². The third-order valence-corrected chi connectivity index (χ3v) is 10.4. The number of fused-ring (bicyclic) bond motifs is 3. The molecule has 0 unspecified atom stereocenters. The maximum atomic E-state index is 12.5. The number of aryl methyl sites for hydroxylation is 1. The number of cyclic esters (lactones) is 1. The van der Waals surface area contributed by atoms with Crippen LogP contribution >= 0.6 is 0 Å². The number of aliphatic hydroxyl groups excluding tert-OH is 1. The van der Waals surface area contributed by atoms with Gasteiger partial charge in [0.15, 0.2) is 11.5 Å². The predicted molar refractivity (Wildman–Crippen MR) is 174 cm³/mol. The molecule has 0 saturated carbocycles. The molecule has 6 nitrogen and oxygen atoms in total. The lowest BCUT2D eigenvalue weighted by Gasteiger charge is -2.49. The fraction of sp³-hybridized carbons (Fsp3) is 0.658. The van der Waals surface area contributed by atoms with Gasteiger partial charge in [-0.25, -0.2) is 4.79 Å². The molecule has 0 radical (unpaired) electrons. The number of allylic oxidation sites excluding steroid dienone is 1. The average molecular weight is 606 g/mol. The Bertz CT molecular complexity index is 1260. The van der Waals surface area contributed by atoms with Crippen molar-refractivity contribution in [3.63, 3.8) is 0 Å². The molecule has 1 N–H and O–H groups in total. The largest absolute Gasteiger partial charge is 0.492 e. The smallest absolute Gasteiger partial charge is 0.343 e. The van der Waals surface area contributed by atoms with Gasteiger partial charge >= 0.3 is 5.97 Å². The van der Waals surface area contributed by atoms with E-state index in [-0.39, 0.29) is 36.0 Å². The van der Waals surface area contributed by atoms with Gasteiger partial charge in [0.05, 0.1) is 18.8 Å². The third-order valence-electron chi connectivity index (χ3n) is 10.4. The highest BCUT2D eigenvalue weighted by molar-refractivity contribution is 5.93. The Morgan fingerprint density at radius 2 is 1.89 bits per heavy atom. The zero-order valence-corrected chi connectivity index (χ0v) is 27.9. The number of aliphatic hydroxyl groups is 1. The van der Waals surface area contributed by atoms with Crippen molar-refractivity contribution >= 4 is 5.97 Å². The first-order valence-electron chi connectivity index (χ1n) is 17.3. The molecule has 1 aromatic carbocycles. The number of carbonyl (C=O) groups is 1. The highest BCUT2D eigenvalue weighted by Crippen LogP contribution is 2.50. The number of unbranched alkanes of at least 4 members (excludes halogenated alkanes) is 2. The van der Waals surface area contributed by atoms with Crippen LogP contribution in [0.4, 0.5) is 0 Å². The second-order valence-electron chi connectivity index (χ2n) is 14.1. The molecule has 242 valence electrons. The first kappa shape index (κ1) is 32.8. The van der Waals surface area contributed by atoms with Crippen LogP contribution in [0.1, 0.15) is 104 Å². The Morgan fingerprint density at radius 3 is 2.64 bits per heavy atom. The molecule has 4 aliphatic rings. The topological polar surface area (TPSA) is 68.2 Å². The van der Waals surface area contributed by atoms with Crippen LogP contribution in [0.5, 0.6) is 0 Å². The Labute approximate surface area is 265 Å². The SMILES string of the molecule is CCCCCc1cccc(C[C@H]2C[C@@H]3[C@H]4C(=CCCN3[C@H]([C@@H](O)CCCC(C)C)C2)OC(=C2OC(=O)C(C)=C2OC)[C@H]4C)c1.